The van der Waals surface area contributed by atoms with Crippen LogP contribution in [-0.4, -0.2) is 32.1 Å². The molecule has 1 fully saturated rings. The van der Waals surface area contributed by atoms with Gasteiger partial charge in [-0.1, -0.05) is 12.1 Å². The van der Waals surface area contributed by atoms with Crippen LogP contribution in [0.15, 0.2) is 24.3 Å². The Morgan fingerprint density at radius 3 is 3.16 bits per heavy atom. The van der Waals surface area contributed by atoms with E-state index in [1.54, 1.807) is 7.11 Å². The molecule has 1 saturated heterocycles. The quantitative estimate of drug-likeness (QED) is 0.817. The van der Waals surface area contributed by atoms with E-state index in [0.29, 0.717) is 12.5 Å². The van der Waals surface area contributed by atoms with Gasteiger partial charge in [-0.05, 0) is 43.5 Å². The molecular formula is C15H22N2O2. The average Bonchev–Trinajstić information content (AvgIpc) is 2.96. The van der Waals surface area contributed by atoms with Gasteiger partial charge in [0.15, 0.2) is 0 Å². The summed E-state index contributed by atoms with van der Waals surface area (Å²) in [4.78, 5) is 11.8. The van der Waals surface area contributed by atoms with Crippen LogP contribution in [0.3, 0.4) is 0 Å². The molecule has 4 nitrogen and oxygen atoms in total. The van der Waals surface area contributed by atoms with Crippen molar-refractivity contribution in [3.63, 3.8) is 0 Å². The summed E-state index contributed by atoms with van der Waals surface area (Å²) in [7, 11) is 1.65. The molecule has 0 aromatic heterocycles. The summed E-state index contributed by atoms with van der Waals surface area (Å²) in [6, 6.07) is 8.32. The van der Waals surface area contributed by atoms with E-state index in [0.717, 1.165) is 37.2 Å². The maximum atomic E-state index is 11.8. The fourth-order valence-corrected chi connectivity index (χ4v) is 2.34. The summed E-state index contributed by atoms with van der Waals surface area (Å²) in [6.07, 6.45) is 3.65. The lowest BCUT2D eigenvalue weighted by molar-refractivity contribution is -0.121. The van der Waals surface area contributed by atoms with Gasteiger partial charge in [0.2, 0.25) is 5.91 Å². The van der Waals surface area contributed by atoms with Gasteiger partial charge in [-0.15, -0.1) is 0 Å². The molecule has 0 spiro atoms. The molecule has 1 heterocycles. The average molecular weight is 262 g/mol. The van der Waals surface area contributed by atoms with E-state index in [9.17, 15) is 4.79 Å². The van der Waals surface area contributed by atoms with E-state index in [4.69, 9.17) is 4.74 Å². The summed E-state index contributed by atoms with van der Waals surface area (Å²) < 4.78 is 5.17. The highest BCUT2D eigenvalue weighted by Gasteiger charge is 2.14. The Bertz CT molecular complexity index is 414. The first-order chi connectivity index (χ1) is 9.28. The number of carbonyl (C=O) groups excluding carboxylic acids is 1. The monoisotopic (exact) mass is 262 g/mol. The van der Waals surface area contributed by atoms with Gasteiger partial charge in [-0.2, -0.15) is 0 Å². The Morgan fingerprint density at radius 2 is 2.42 bits per heavy atom. The van der Waals surface area contributed by atoms with Gasteiger partial charge >= 0.3 is 0 Å². The van der Waals surface area contributed by atoms with Gasteiger partial charge in [-0.3, -0.25) is 4.79 Å². The highest BCUT2D eigenvalue weighted by atomic mass is 16.5. The van der Waals surface area contributed by atoms with Gasteiger partial charge in [-0.25, -0.2) is 0 Å². The molecule has 1 aromatic carbocycles. The molecule has 1 aromatic rings. The van der Waals surface area contributed by atoms with Gasteiger partial charge in [0.05, 0.1) is 7.11 Å². The topological polar surface area (TPSA) is 50.4 Å². The molecule has 0 bridgehead atoms. The van der Waals surface area contributed by atoms with Crippen molar-refractivity contribution in [3.8, 4) is 5.75 Å². The van der Waals surface area contributed by atoms with Crippen LogP contribution in [0.1, 0.15) is 24.8 Å². The van der Waals surface area contributed by atoms with Crippen LogP contribution in [0.2, 0.25) is 0 Å². The zero-order valence-corrected chi connectivity index (χ0v) is 11.4. The van der Waals surface area contributed by atoms with Crippen LogP contribution in [0.25, 0.3) is 0 Å². The molecular weight excluding hydrogens is 240 g/mol. The predicted octanol–water partition coefficient (Wildman–Crippen LogP) is 1.50. The molecule has 0 aliphatic carbocycles. The number of carbonyl (C=O) groups is 1. The Labute approximate surface area is 114 Å². The molecule has 19 heavy (non-hydrogen) atoms. The molecule has 1 unspecified atom stereocenters. The Balaban J connectivity index is 1.70. The lowest BCUT2D eigenvalue weighted by Crippen LogP contribution is -2.37. The summed E-state index contributed by atoms with van der Waals surface area (Å²) in [5.74, 6) is 0.963. The van der Waals surface area contributed by atoms with E-state index in [1.165, 1.54) is 6.42 Å². The Kier molecular flexibility index (Phi) is 5.21. The van der Waals surface area contributed by atoms with Crippen molar-refractivity contribution in [3.05, 3.63) is 29.8 Å². The molecule has 1 amide bonds. The SMILES string of the molecule is COc1cccc(CCC(=O)NCC2CCCN2)c1. The minimum Gasteiger partial charge on any atom is -0.497 e. The van der Waals surface area contributed by atoms with Crippen LogP contribution < -0.4 is 15.4 Å². The van der Waals surface area contributed by atoms with Crippen LogP contribution >= 0.6 is 0 Å². The molecule has 2 rings (SSSR count). The van der Waals surface area contributed by atoms with Crippen LogP contribution in [0.4, 0.5) is 0 Å². The lowest BCUT2D eigenvalue weighted by atomic mass is 10.1. The summed E-state index contributed by atoms with van der Waals surface area (Å²) in [5, 5.41) is 6.36. The fraction of sp³-hybridized carbons (Fsp3) is 0.533. The first kappa shape index (κ1) is 13.9. The molecule has 104 valence electrons. The number of ether oxygens (including phenoxy) is 1. The second-order valence-corrected chi connectivity index (χ2v) is 4.95. The second kappa shape index (κ2) is 7.14. The number of benzene rings is 1. The van der Waals surface area contributed by atoms with Crippen molar-refractivity contribution in [2.24, 2.45) is 0 Å². The third kappa shape index (κ3) is 4.56. The van der Waals surface area contributed by atoms with Crippen LogP contribution in [0, 0.1) is 0 Å². The summed E-state index contributed by atoms with van der Waals surface area (Å²) in [5.41, 5.74) is 1.13. The van der Waals surface area contributed by atoms with Gasteiger partial charge in [0.1, 0.15) is 5.75 Å². The van der Waals surface area contributed by atoms with E-state index in [1.807, 2.05) is 24.3 Å². The minimum atomic E-state index is 0.122. The maximum Gasteiger partial charge on any atom is 0.220 e. The Morgan fingerprint density at radius 1 is 1.53 bits per heavy atom. The second-order valence-electron chi connectivity index (χ2n) is 4.95. The highest BCUT2D eigenvalue weighted by molar-refractivity contribution is 5.76. The lowest BCUT2D eigenvalue weighted by Gasteiger charge is -2.11. The van der Waals surface area contributed by atoms with E-state index in [2.05, 4.69) is 10.6 Å². The third-order valence-corrected chi connectivity index (χ3v) is 3.48. The number of aryl methyl sites for hydroxylation is 1. The fourth-order valence-electron chi connectivity index (χ4n) is 2.34. The highest BCUT2D eigenvalue weighted by Crippen LogP contribution is 2.13. The molecule has 1 aliphatic rings. The third-order valence-electron chi connectivity index (χ3n) is 3.48. The zero-order chi connectivity index (χ0) is 13.5. The maximum absolute atomic E-state index is 11.8. The standard InChI is InChI=1S/C15H22N2O2/c1-19-14-6-2-4-12(10-14)7-8-15(18)17-11-13-5-3-9-16-13/h2,4,6,10,13,16H,3,5,7-9,11H2,1H3,(H,17,18). The van der Waals surface area contributed by atoms with Crippen LogP contribution in [0.5, 0.6) is 5.75 Å². The number of rotatable bonds is 6. The predicted molar refractivity (Wildman–Crippen MR) is 75.3 cm³/mol. The van der Waals surface area contributed by atoms with Crippen molar-refractivity contribution in [1.82, 2.24) is 10.6 Å². The van der Waals surface area contributed by atoms with Gasteiger partial charge < -0.3 is 15.4 Å². The molecule has 0 radical (unpaired) electrons. The molecule has 4 heteroatoms. The van der Waals surface area contributed by atoms with Crippen molar-refractivity contribution >= 4 is 5.91 Å². The number of hydrogen-bond donors (Lipinski definition) is 2. The number of hydrogen-bond acceptors (Lipinski definition) is 3. The molecule has 2 N–H and O–H groups in total. The van der Waals surface area contributed by atoms with Crippen molar-refractivity contribution < 1.29 is 9.53 Å². The van der Waals surface area contributed by atoms with Crippen molar-refractivity contribution in [2.45, 2.75) is 31.7 Å². The van der Waals surface area contributed by atoms with E-state index in [-0.39, 0.29) is 5.91 Å². The minimum absolute atomic E-state index is 0.122. The Hall–Kier alpha value is -1.55. The van der Waals surface area contributed by atoms with Crippen molar-refractivity contribution in [2.75, 3.05) is 20.2 Å². The number of methoxy groups -OCH3 is 1. The van der Waals surface area contributed by atoms with E-state index < -0.39 is 0 Å². The smallest absolute Gasteiger partial charge is 0.220 e. The largest absolute Gasteiger partial charge is 0.497 e. The van der Waals surface area contributed by atoms with Crippen LogP contribution in [-0.2, 0) is 11.2 Å². The first-order valence-electron chi connectivity index (χ1n) is 6.91. The number of amides is 1. The zero-order valence-electron chi connectivity index (χ0n) is 11.4. The first-order valence-corrected chi connectivity index (χ1v) is 6.91. The van der Waals surface area contributed by atoms with E-state index >= 15 is 0 Å². The molecule has 1 atom stereocenters. The van der Waals surface area contributed by atoms with Gasteiger partial charge in [0, 0.05) is 19.0 Å². The number of nitrogens with one attached hydrogen (secondary N) is 2. The summed E-state index contributed by atoms with van der Waals surface area (Å²) in [6.45, 7) is 1.82. The van der Waals surface area contributed by atoms with Crippen molar-refractivity contribution in [1.29, 1.82) is 0 Å². The normalized spacial score (nSPS) is 18.3. The molecule has 1 aliphatic heterocycles. The molecule has 0 saturated carbocycles. The summed E-state index contributed by atoms with van der Waals surface area (Å²) >= 11 is 0. The van der Waals surface area contributed by atoms with Gasteiger partial charge in [0.25, 0.3) is 0 Å².